The van der Waals surface area contributed by atoms with Crippen molar-refractivity contribution in [1.82, 2.24) is 9.80 Å². The van der Waals surface area contributed by atoms with Crippen LogP contribution in [0.1, 0.15) is 31.8 Å². The molecule has 0 radical (unpaired) electrons. The van der Waals surface area contributed by atoms with Crippen LogP contribution < -0.4 is 4.90 Å². The second-order valence-corrected chi connectivity index (χ2v) is 8.68. The highest BCUT2D eigenvalue weighted by Crippen LogP contribution is 2.33. The Morgan fingerprint density at radius 3 is 2.38 bits per heavy atom. The topological polar surface area (TPSA) is 43.9 Å². The van der Waals surface area contributed by atoms with Crippen LogP contribution in [-0.4, -0.2) is 47.8 Å². The molecule has 0 bridgehead atoms. The lowest BCUT2D eigenvalue weighted by molar-refractivity contribution is 0.0628. The van der Waals surface area contributed by atoms with Gasteiger partial charge in [-0.3, -0.25) is 14.5 Å². The number of hydrogen-bond donors (Lipinski definition) is 0. The van der Waals surface area contributed by atoms with E-state index >= 15 is 0 Å². The van der Waals surface area contributed by atoms with Crippen molar-refractivity contribution in [2.45, 2.75) is 13.1 Å². The van der Waals surface area contributed by atoms with Gasteiger partial charge in [-0.15, -0.1) is 0 Å². The van der Waals surface area contributed by atoms with Gasteiger partial charge in [0.05, 0.1) is 17.1 Å². The van der Waals surface area contributed by atoms with Crippen LogP contribution in [0.4, 0.5) is 5.69 Å². The van der Waals surface area contributed by atoms with Gasteiger partial charge >= 0.3 is 0 Å². The van der Waals surface area contributed by atoms with E-state index in [1.54, 1.807) is 11.0 Å². The number of piperazine rings is 1. The van der Waals surface area contributed by atoms with E-state index < -0.39 is 0 Å². The summed E-state index contributed by atoms with van der Waals surface area (Å²) in [4.78, 5) is 32.1. The molecule has 0 spiro atoms. The van der Waals surface area contributed by atoms with Gasteiger partial charge in [0, 0.05) is 44.0 Å². The van der Waals surface area contributed by atoms with Crippen LogP contribution in [0.2, 0.25) is 5.02 Å². The maximum Gasteiger partial charge on any atom is 0.260 e. The van der Waals surface area contributed by atoms with E-state index in [0.717, 1.165) is 30.9 Å². The van der Waals surface area contributed by atoms with Crippen molar-refractivity contribution >= 4 is 29.1 Å². The number of rotatable bonds is 4. The summed E-state index contributed by atoms with van der Waals surface area (Å²) in [7, 11) is 0. The van der Waals surface area contributed by atoms with Crippen LogP contribution in [0.5, 0.6) is 0 Å². The molecule has 0 unspecified atom stereocenters. The number of carbonyl (C=O) groups excluding carboxylic acids is 2. The molecule has 1 saturated heterocycles. The SMILES string of the molecule is O=C(c1cccc(N2Cc3cccc(Cl)c3C2=O)c1)N1CCN(Cc2ccccc2)CC1. The summed E-state index contributed by atoms with van der Waals surface area (Å²) in [6.07, 6.45) is 0. The summed E-state index contributed by atoms with van der Waals surface area (Å²) in [5.41, 5.74) is 4.08. The maximum absolute atomic E-state index is 13.2. The number of benzene rings is 3. The molecule has 2 aliphatic heterocycles. The summed E-state index contributed by atoms with van der Waals surface area (Å²) >= 11 is 6.25. The largest absolute Gasteiger partial charge is 0.336 e. The summed E-state index contributed by atoms with van der Waals surface area (Å²) in [5.74, 6) is -0.113. The predicted molar refractivity (Wildman–Crippen MR) is 126 cm³/mol. The van der Waals surface area contributed by atoms with Crippen LogP contribution in [0.25, 0.3) is 0 Å². The second kappa shape index (κ2) is 8.77. The summed E-state index contributed by atoms with van der Waals surface area (Å²) in [6, 6.07) is 23.3. The van der Waals surface area contributed by atoms with E-state index in [2.05, 4.69) is 29.2 Å². The Bertz CT molecular complexity index is 1160. The molecule has 3 aromatic rings. The molecule has 5 nitrogen and oxygen atoms in total. The number of amides is 2. The average molecular weight is 446 g/mol. The average Bonchev–Trinajstić information content (AvgIpc) is 3.17. The molecular weight excluding hydrogens is 422 g/mol. The summed E-state index contributed by atoms with van der Waals surface area (Å²) < 4.78 is 0. The van der Waals surface area contributed by atoms with E-state index in [1.165, 1.54) is 5.56 Å². The fourth-order valence-corrected chi connectivity index (χ4v) is 4.74. The molecule has 0 atom stereocenters. The van der Waals surface area contributed by atoms with Gasteiger partial charge in [-0.2, -0.15) is 0 Å². The minimum Gasteiger partial charge on any atom is -0.336 e. The highest BCUT2D eigenvalue weighted by molar-refractivity contribution is 6.35. The summed E-state index contributed by atoms with van der Waals surface area (Å²) in [6.45, 7) is 4.44. The fourth-order valence-electron chi connectivity index (χ4n) is 4.47. The predicted octanol–water partition coefficient (Wildman–Crippen LogP) is 4.46. The molecule has 6 heteroatoms. The van der Waals surface area contributed by atoms with E-state index in [0.29, 0.717) is 35.8 Å². The van der Waals surface area contributed by atoms with Gasteiger partial charge in [-0.25, -0.2) is 0 Å². The van der Waals surface area contributed by atoms with E-state index in [9.17, 15) is 9.59 Å². The number of halogens is 1. The standard InChI is InChI=1S/C26H24ClN3O2/c27-23-11-5-9-21-18-30(26(32)24(21)23)22-10-4-8-20(16-22)25(31)29-14-12-28(13-15-29)17-19-6-2-1-3-7-19/h1-11,16H,12-15,17-18H2. The molecular formula is C26H24ClN3O2. The quantitative estimate of drug-likeness (QED) is 0.595. The Morgan fingerprint density at radius 2 is 1.62 bits per heavy atom. The van der Waals surface area contributed by atoms with E-state index in [1.807, 2.05) is 47.4 Å². The third-order valence-electron chi connectivity index (χ3n) is 6.20. The van der Waals surface area contributed by atoms with Gasteiger partial charge in [-0.05, 0) is 35.4 Å². The number of hydrogen-bond acceptors (Lipinski definition) is 3. The van der Waals surface area contributed by atoms with Gasteiger partial charge in [0.1, 0.15) is 0 Å². The Kier molecular flexibility index (Phi) is 5.68. The monoisotopic (exact) mass is 445 g/mol. The highest BCUT2D eigenvalue weighted by atomic mass is 35.5. The van der Waals surface area contributed by atoms with Gasteiger partial charge in [0.25, 0.3) is 11.8 Å². The summed E-state index contributed by atoms with van der Waals surface area (Å²) in [5, 5.41) is 0.468. The lowest BCUT2D eigenvalue weighted by atomic mass is 10.1. The number of anilines is 1. The minimum atomic E-state index is -0.121. The van der Waals surface area contributed by atoms with Crippen molar-refractivity contribution in [2.75, 3.05) is 31.1 Å². The lowest BCUT2D eigenvalue weighted by Crippen LogP contribution is -2.48. The molecule has 162 valence electrons. The van der Waals surface area contributed by atoms with Gasteiger partial charge in [-0.1, -0.05) is 60.1 Å². The first-order chi connectivity index (χ1) is 15.6. The zero-order valence-electron chi connectivity index (χ0n) is 17.7. The third kappa shape index (κ3) is 4.01. The Labute approximate surface area is 192 Å². The Morgan fingerprint density at radius 1 is 0.875 bits per heavy atom. The Hall–Kier alpha value is -3.15. The van der Waals surface area contributed by atoms with Crippen molar-refractivity contribution in [1.29, 1.82) is 0 Å². The van der Waals surface area contributed by atoms with Crippen LogP contribution in [0, 0.1) is 0 Å². The number of carbonyl (C=O) groups is 2. The lowest BCUT2D eigenvalue weighted by Gasteiger charge is -2.35. The van der Waals surface area contributed by atoms with Gasteiger partial charge in [0.2, 0.25) is 0 Å². The van der Waals surface area contributed by atoms with Crippen LogP contribution >= 0.6 is 11.6 Å². The molecule has 2 amide bonds. The number of fused-ring (bicyclic) bond motifs is 1. The second-order valence-electron chi connectivity index (χ2n) is 8.27. The molecule has 2 aliphatic rings. The van der Waals surface area contributed by atoms with Crippen molar-refractivity contribution in [2.24, 2.45) is 0 Å². The first-order valence-electron chi connectivity index (χ1n) is 10.8. The maximum atomic E-state index is 13.2. The fraction of sp³-hybridized carbons (Fsp3) is 0.231. The zero-order valence-corrected chi connectivity index (χ0v) is 18.5. The van der Waals surface area contributed by atoms with Gasteiger partial charge in [0.15, 0.2) is 0 Å². The molecule has 0 aromatic heterocycles. The van der Waals surface area contributed by atoms with Gasteiger partial charge < -0.3 is 9.80 Å². The van der Waals surface area contributed by atoms with Crippen molar-refractivity contribution in [3.8, 4) is 0 Å². The number of nitrogens with zero attached hydrogens (tertiary/aromatic N) is 3. The Balaban J connectivity index is 1.26. The third-order valence-corrected chi connectivity index (χ3v) is 6.52. The molecule has 32 heavy (non-hydrogen) atoms. The smallest absolute Gasteiger partial charge is 0.260 e. The van der Waals surface area contributed by atoms with Crippen molar-refractivity contribution in [3.05, 3.63) is 100 Å². The van der Waals surface area contributed by atoms with E-state index in [4.69, 9.17) is 11.6 Å². The first-order valence-corrected chi connectivity index (χ1v) is 11.2. The molecule has 0 N–H and O–H groups in total. The van der Waals surface area contributed by atoms with Crippen LogP contribution in [0.15, 0.2) is 72.8 Å². The molecule has 1 fully saturated rings. The molecule has 0 saturated carbocycles. The van der Waals surface area contributed by atoms with Crippen molar-refractivity contribution < 1.29 is 9.59 Å². The van der Waals surface area contributed by atoms with Crippen LogP contribution in [-0.2, 0) is 13.1 Å². The van der Waals surface area contributed by atoms with Crippen LogP contribution in [0.3, 0.4) is 0 Å². The minimum absolute atomic E-state index is 0.00778. The molecule has 3 aromatic carbocycles. The molecule has 2 heterocycles. The van der Waals surface area contributed by atoms with E-state index in [-0.39, 0.29) is 11.8 Å². The zero-order chi connectivity index (χ0) is 22.1. The van der Waals surface area contributed by atoms with Crippen molar-refractivity contribution in [3.63, 3.8) is 0 Å². The normalized spacial score (nSPS) is 16.3. The molecule has 5 rings (SSSR count). The molecule has 0 aliphatic carbocycles. The highest BCUT2D eigenvalue weighted by Gasteiger charge is 2.31. The first kappa shape index (κ1) is 20.7.